The van der Waals surface area contributed by atoms with E-state index in [0.29, 0.717) is 0 Å². The Kier molecular flexibility index (Phi) is 3.70. The number of aryl methyl sites for hydroxylation is 3. The molecule has 0 unspecified atom stereocenters. The Labute approximate surface area is 146 Å². The highest BCUT2D eigenvalue weighted by Crippen LogP contribution is 2.39. The fourth-order valence-electron chi connectivity index (χ4n) is 3.27. The molecule has 0 spiro atoms. The molecule has 4 aromatic rings. The molecule has 2 aromatic heterocycles. The number of benzene rings is 2. The summed E-state index contributed by atoms with van der Waals surface area (Å²) in [6.07, 6.45) is 2.02. The van der Waals surface area contributed by atoms with Gasteiger partial charge in [-0.15, -0.1) is 11.3 Å². The van der Waals surface area contributed by atoms with Crippen LogP contribution in [-0.2, 0) is 0 Å². The Balaban J connectivity index is 1.88. The van der Waals surface area contributed by atoms with Gasteiger partial charge in [0.15, 0.2) is 0 Å². The lowest BCUT2D eigenvalue weighted by atomic mass is 10.0. The average Bonchev–Trinajstić information content (AvgIpc) is 2.91. The lowest BCUT2D eigenvalue weighted by Crippen LogP contribution is -1.86. The molecule has 2 heteroatoms. The van der Waals surface area contributed by atoms with Gasteiger partial charge >= 0.3 is 0 Å². The summed E-state index contributed by atoms with van der Waals surface area (Å²) >= 11 is 1.82. The number of thiophene rings is 1. The maximum absolute atomic E-state index is 4.72. The third-order valence-corrected chi connectivity index (χ3v) is 5.67. The minimum absolute atomic E-state index is 1.05. The average molecular weight is 329 g/mol. The van der Waals surface area contributed by atoms with Gasteiger partial charge in [0, 0.05) is 16.6 Å². The van der Waals surface area contributed by atoms with E-state index in [2.05, 4.69) is 75.4 Å². The van der Waals surface area contributed by atoms with Crippen LogP contribution in [0.4, 0.5) is 0 Å². The fourth-order valence-corrected chi connectivity index (χ4v) is 4.44. The zero-order valence-corrected chi connectivity index (χ0v) is 14.9. The molecule has 0 amide bonds. The second kappa shape index (κ2) is 5.88. The number of hydrogen-bond donors (Lipinski definition) is 0. The number of pyridine rings is 1. The fraction of sp³-hybridized carbons (Fsp3) is 0.136. The molecule has 0 aliphatic heterocycles. The largest absolute Gasteiger partial charge is 0.255 e. The minimum Gasteiger partial charge on any atom is -0.255 e. The van der Waals surface area contributed by atoms with E-state index in [9.17, 15) is 0 Å². The van der Waals surface area contributed by atoms with Crippen LogP contribution in [0.2, 0.25) is 0 Å². The molecule has 0 saturated heterocycles. The zero-order valence-electron chi connectivity index (χ0n) is 14.1. The summed E-state index contributed by atoms with van der Waals surface area (Å²) in [4.78, 5) is 6.06. The van der Waals surface area contributed by atoms with Gasteiger partial charge < -0.3 is 0 Å². The van der Waals surface area contributed by atoms with Crippen LogP contribution >= 0.6 is 11.3 Å². The van der Waals surface area contributed by atoms with Gasteiger partial charge in [-0.1, -0.05) is 47.5 Å². The molecule has 2 heterocycles. The van der Waals surface area contributed by atoms with Crippen molar-refractivity contribution in [3.63, 3.8) is 0 Å². The highest BCUT2D eigenvalue weighted by atomic mass is 32.1. The maximum Gasteiger partial charge on any atom is 0.0709 e. The molecule has 24 heavy (non-hydrogen) atoms. The summed E-state index contributed by atoms with van der Waals surface area (Å²) in [5.41, 5.74) is 7.42. The quantitative estimate of drug-likeness (QED) is 0.406. The van der Waals surface area contributed by atoms with Crippen LogP contribution in [-0.4, -0.2) is 4.98 Å². The molecule has 0 aliphatic carbocycles. The van der Waals surface area contributed by atoms with Crippen molar-refractivity contribution in [2.45, 2.75) is 20.8 Å². The Morgan fingerprint density at radius 1 is 0.792 bits per heavy atom. The Hall–Kier alpha value is -2.45. The molecule has 0 radical (unpaired) electrons. The van der Waals surface area contributed by atoms with Crippen molar-refractivity contribution in [3.05, 3.63) is 77.5 Å². The van der Waals surface area contributed by atoms with Crippen molar-refractivity contribution >= 4 is 21.4 Å². The molecule has 0 N–H and O–H groups in total. The molecule has 0 aliphatic rings. The van der Waals surface area contributed by atoms with Crippen LogP contribution in [0, 0.1) is 20.8 Å². The van der Waals surface area contributed by atoms with Crippen LogP contribution in [0.1, 0.15) is 16.7 Å². The van der Waals surface area contributed by atoms with E-state index in [-0.39, 0.29) is 0 Å². The molecule has 0 saturated carbocycles. The van der Waals surface area contributed by atoms with Gasteiger partial charge in [0.05, 0.1) is 10.4 Å². The molecule has 118 valence electrons. The topological polar surface area (TPSA) is 12.9 Å². The summed E-state index contributed by atoms with van der Waals surface area (Å²) in [6, 6.07) is 19.5. The minimum atomic E-state index is 1.05. The second-order valence-electron chi connectivity index (χ2n) is 6.36. The maximum atomic E-state index is 4.72. The normalized spacial score (nSPS) is 11.1. The van der Waals surface area contributed by atoms with E-state index in [1.807, 2.05) is 17.5 Å². The number of rotatable bonds is 2. The molecule has 2 aromatic carbocycles. The van der Waals surface area contributed by atoms with Crippen LogP contribution in [0.15, 0.2) is 60.8 Å². The summed E-state index contributed by atoms with van der Waals surface area (Å²) in [7, 11) is 0. The van der Waals surface area contributed by atoms with Gasteiger partial charge in [0.1, 0.15) is 0 Å². The first kappa shape index (κ1) is 15.1. The lowest BCUT2D eigenvalue weighted by molar-refractivity contribution is 1.32. The van der Waals surface area contributed by atoms with Crippen LogP contribution in [0.3, 0.4) is 0 Å². The smallest absolute Gasteiger partial charge is 0.0709 e. The van der Waals surface area contributed by atoms with E-state index in [0.717, 1.165) is 5.69 Å². The van der Waals surface area contributed by atoms with Crippen molar-refractivity contribution in [1.29, 1.82) is 0 Å². The van der Waals surface area contributed by atoms with Crippen molar-refractivity contribution in [2.24, 2.45) is 0 Å². The molecule has 1 nitrogen and oxygen atoms in total. The van der Waals surface area contributed by atoms with Crippen LogP contribution in [0.25, 0.3) is 31.8 Å². The van der Waals surface area contributed by atoms with E-state index < -0.39 is 0 Å². The number of hydrogen-bond acceptors (Lipinski definition) is 2. The van der Waals surface area contributed by atoms with Gasteiger partial charge in [-0.2, -0.15) is 0 Å². The third-order valence-electron chi connectivity index (χ3n) is 4.38. The summed E-state index contributed by atoms with van der Waals surface area (Å²) in [5.74, 6) is 0. The van der Waals surface area contributed by atoms with Gasteiger partial charge in [-0.05, 0) is 55.5 Å². The standard InChI is InChI=1S/C22H19NS/c1-14-9-15(2)11-18(10-14)20-12-19-16(3)22(24-21(19)13-23-20)17-7-5-4-6-8-17/h4-13H,1-3H3. The predicted octanol–water partition coefficient (Wildman–Crippen LogP) is 6.56. The number of aromatic nitrogens is 1. The van der Waals surface area contributed by atoms with Gasteiger partial charge in [-0.25, -0.2) is 0 Å². The summed E-state index contributed by atoms with van der Waals surface area (Å²) < 4.78 is 1.25. The SMILES string of the molecule is Cc1cc(C)cc(-c2cc3c(C)c(-c4ccccc4)sc3cn2)c1. The molecular formula is C22H19NS. The first-order valence-corrected chi connectivity index (χ1v) is 8.97. The van der Waals surface area contributed by atoms with Crippen molar-refractivity contribution in [1.82, 2.24) is 4.98 Å². The van der Waals surface area contributed by atoms with Crippen molar-refractivity contribution < 1.29 is 0 Å². The molecule has 4 rings (SSSR count). The highest BCUT2D eigenvalue weighted by Gasteiger charge is 2.12. The van der Waals surface area contributed by atoms with Gasteiger partial charge in [0.25, 0.3) is 0 Å². The van der Waals surface area contributed by atoms with E-state index in [1.54, 1.807) is 0 Å². The zero-order chi connectivity index (χ0) is 16.7. The summed E-state index contributed by atoms with van der Waals surface area (Å²) in [6.45, 7) is 6.49. The monoisotopic (exact) mass is 329 g/mol. The first-order chi connectivity index (χ1) is 11.6. The van der Waals surface area contributed by atoms with Crippen LogP contribution in [0.5, 0.6) is 0 Å². The Morgan fingerprint density at radius 3 is 2.21 bits per heavy atom. The van der Waals surface area contributed by atoms with Gasteiger partial charge in [-0.3, -0.25) is 4.98 Å². The molecule has 0 bridgehead atoms. The molecule has 0 atom stereocenters. The molecular weight excluding hydrogens is 310 g/mol. The van der Waals surface area contributed by atoms with Crippen molar-refractivity contribution in [2.75, 3.05) is 0 Å². The van der Waals surface area contributed by atoms with E-state index in [1.165, 1.54) is 42.8 Å². The van der Waals surface area contributed by atoms with E-state index in [4.69, 9.17) is 4.98 Å². The number of fused-ring (bicyclic) bond motifs is 1. The summed E-state index contributed by atoms with van der Waals surface area (Å²) in [5, 5.41) is 1.31. The second-order valence-corrected chi connectivity index (χ2v) is 7.42. The number of nitrogens with zero attached hydrogens (tertiary/aromatic N) is 1. The van der Waals surface area contributed by atoms with Crippen molar-refractivity contribution in [3.8, 4) is 21.7 Å². The van der Waals surface area contributed by atoms with E-state index >= 15 is 0 Å². The Bertz CT molecular complexity index is 1010. The first-order valence-electron chi connectivity index (χ1n) is 8.15. The van der Waals surface area contributed by atoms with Gasteiger partial charge in [0.2, 0.25) is 0 Å². The lowest BCUT2D eigenvalue weighted by Gasteiger charge is -2.05. The van der Waals surface area contributed by atoms with Crippen LogP contribution < -0.4 is 0 Å². The molecule has 0 fully saturated rings. The Morgan fingerprint density at radius 2 is 1.50 bits per heavy atom. The third kappa shape index (κ3) is 2.63. The highest BCUT2D eigenvalue weighted by molar-refractivity contribution is 7.22. The predicted molar refractivity (Wildman–Crippen MR) is 105 cm³/mol.